The van der Waals surface area contributed by atoms with Crippen molar-refractivity contribution in [2.24, 2.45) is 0 Å². The van der Waals surface area contributed by atoms with Crippen LogP contribution in [0.15, 0.2) is 18.2 Å². The van der Waals surface area contributed by atoms with Crippen LogP contribution in [0.5, 0.6) is 0 Å². The summed E-state index contributed by atoms with van der Waals surface area (Å²) in [6, 6.07) is 6.60. The minimum Gasteiger partial charge on any atom is -0.373 e. The molecule has 0 amide bonds. The van der Waals surface area contributed by atoms with E-state index in [9.17, 15) is 4.39 Å². The fourth-order valence-corrected chi connectivity index (χ4v) is 2.43. The molecule has 0 saturated carbocycles. The molecular weight excluding hydrogens is 231 g/mol. The van der Waals surface area contributed by atoms with Crippen molar-refractivity contribution >= 4 is 0 Å². The summed E-state index contributed by atoms with van der Waals surface area (Å²) in [6.07, 6.45) is 0.425. The van der Waals surface area contributed by atoms with E-state index < -0.39 is 5.82 Å². The van der Waals surface area contributed by atoms with Gasteiger partial charge < -0.3 is 4.74 Å². The summed E-state index contributed by atoms with van der Waals surface area (Å²) in [5.74, 6) is -0.454. The van der Waals surface area contributed by atoms with Gasteiger partial charge in [-0.3, -0.25) is 4.90 Å². The molecule has 3 nitrogen and oxygen atoms in total. The first-order chi connectivity index (χ1) is 8.58. The number of morpholine rings is 1. The Kier molecular flexibility index (Phi) is 3.95. The predicted molar refractivity (Wildman–Crippen MR) is 66.4 cm³/mol. The SMILES string of the molecule is CC1CN(Cc2ccc(F)c(C#N)c2)CC(C)O1. The van der Waals surface area contributed by atoms with Crippen LogP contribution < -0.4 is 0 Å². The highest BCUT2D eigenvalue weighted by atomic mass is 19.1. The summed E-state index contributed by atoms with van der Waals surface area (Å²) in [5.41, 5.74) is 1.08. The van der Waals surface area contributed by atoms with Gasteiger partial charge in [-0.05, 0) is 31.5 Å². The van der Waals surface area contributed by atoms with Crippen LogP contribution in [-0.4, -0.2) is 30.2 Å². The second-order valence-corrected chi connectivity index (χ2v) is 4.88. The molecule has 1 aromatic carbocycles. The zero-order valence-corrected chi connectivity index (χ0v) is 10.7. The van der Waals surface area contributed by atoms with E-state index in [0.29, 0.717) is 0 Å². The molecule has 0 bridgehead atoms. The molecule has 18 heavy (non-hydrogen) atoms. The van der Waals surface area contributed by atoms with E-state index in [2.05, 4.69) is 4.90 Å². The molecule has 0 spiro atoms. The molecule has 1 aliphatic rings. The number of halogens is 1. The lowest BCUT2D eigenvalue weighted by Gasteiger charge is -2.35. The molecular formula is C14H17FN2O. The Morgan fingerprint density at radius 2 is 2.06 bits per heavy atom. The number of hydrogen-bond acceptors (Lipinski definition) is 3. The van der Waals surface area contributed by atoms with Crippen molar-refractivity contribution in [1.82, 2.24) is 4.90 Å². The molecule has 0 N–H and O–H groups in total. The minimum absolute atomic E-state index is 0.113. The van der Waals surface area contributed by atoms with E-state index in [1.54, 1.807) is 12.1 Å². The van der Waals surface area contributed by atoms with Crippen molar-refractivity contribution in [3.63, 3.8) is 0 Å². The van der Waals surface area contributed by atoms with E-state index in [4.69, 9.17) is 10.00 Å². The van der Waals surface area contributed by atoms with Gasteiger partial charge in [0.25, 0.3) is 0 Å². The monoisotopic (exact) mass is 248 g/mol. The zero-order chi connectivity index (χ0) is 13.1. The molecule has 2 atom stereocenters. The van der Waals surface area contributed by atoms with Crippen LogP contribution in [0, 0.1) is 17.1 Å². The molecule has 2 unspecified atom stereocenters. The van der Waals surface area contributed by atoms with Gasteiger partial charge in [-0.2, -0.15) is 5.26 Å². The number of nitriles is 1. The molecule has 1 saturated heterocycles. The van der Waals surface area contributed by atoms with Gasteiger partial charge in [-0.25, -0.2) is 4.39 Å². The third-order valence-corrected chi connectivity index (χ3v) is 3.05. The number of nitrogens with zero attached hydrogens (tertiary/aromatic N) is 2. The summed E-state index contributed by atoms with van der Waals surface area (Å²) in [7, 11) is 0. The van der Waals surface area contributed by atoms with Gasteiger partial charge in [0.15, 0.2) is 0 Å². The van der Waals surface area contributed by atoms with Gasteiger partial charge in [0.2, 0.25) is 0 Å². The van der Waals surface area contributed by atoms with Crippen molar-refractivity contribution in [1.29, 1.82) is 5.26 Å². The van der Waals surface area contributed by atoms with Crippen LogP contribution in [-0.2, 0) is 11.3 Å². The fraction of sp³-hybridized carbons (Fsp3) is 0.500. The van der Waals surface area contributed by atoms with Crippen LogP contribution in [0.2, 0.25) is 0 Å². The number of benzene rings is 1. The molecule has 0 aromatic heterocycles. The van der Waals surface area contributed by atoms with Gasteiger partial charge >= 0.3 is 0 Å². The predicted octanol–water partition coefficient (Wildman–Crippen LogP) is 2.31. The normalized spacial score (nSPS) is 24.8. The van der Waals surface area contributed by atoms with Gasteiger partial charge in [0.1, 0.15) is 11.9 Å². The molecule has 0 radical (unpaired) electrons. The van der Waals surface area contributed by atoms with Crippen LogP contribution in [0.3, 0.4) is 0 Å². The molecule has 2 rings (SSSR count). The maximum Gasteiger partial charge on any atom is 0.140 e. The first-order valence-corrected chi connectivity index (χ1v) is 6.15. The average Bonchev–Trinajstić information content (AvgIpc) is 2.30. The van der Waals surface area contributed by atoms with Crippen molar-refractivity contribution in [2.45, 2.75) is 32.6 Å². The summed E-state index contributed by atoms with van der Waals surface area (Å²) in [4.78, 5) is 2.27. The van der Waals surface area contributed by atoms with Crippen molar-refractivity contribution < 1.29 is 9.13 Å². The summed E-state index contributed by atoms with van der Waals surface area (Å²) >= 11 is 0. The second-order valence-electron chi connectivity index (χ2n) is 4.88. The molecule has 1 heterocycles. The highest BCUT2D eigenvalue weighted by Gasteiger charge is 2.22. The van der Waals surface area contributed by atoms with Crippen molar-refractivity contribution in [3.05, 3.63) is 35.1 Å². The Bertz CT molecular complexity index is 459. The number of ether oxygens (including phenoxy) is 1. The Balaban J connectivity index is 2.07. The highest BCUT2D eigenvalue weighted by molar-refractivity contribution is 5.34. The first-order valence-electron chi connectivity index (χ1n) is 6.15. The lowest BCUT2D eigenvalue weighted by Crippen LogP contribution is -2.44. The quantitative estimate of drug-likeness (QED) is 0.805. The van der Waals surface area contributed by atoms with Crippen LogP contribution in [0.4, 0.5) is 4.39 Å². The van der Waals surface area contributed by atoms with Gasteiger partial charge in [-0.1, -0.05) is 6.07 Å². The Morgan fingerprint density at radius 1 is 1.39 bits per heavy atom. The molecule has 0 aliphatic carbocycles. The van der Waals surface area contributed by atoms with Gasteiger partial charge in [-0.15, -0.1) is 0 Å². The van der Waals surface area contributed by atoms with Gasteiger partial charge in [0.05, 0.1) is 17.8 Å². The van der Waals surface area contributed by atoms with Crippen molar-refractivity contribution in [2.75, 3.05) is 13.1 Å². The molecule has 4 heteroatoms. The first kappa shape index (κ1) is 13.0. The standard InChI is InChI=1S/C14H17FN2O/c1-10-7-17(8-11(2)18-10)9-12-3-4-14(15)13(5-12)6-16/h3-5,10-11H,7-9H2,1-2H3. The zero-order valence-electron chi connectivity index (χ0n) is 10.7. The third kappa shape index (κ3) is 3.06. The van der Waals surface area contributed by atoms with Gasteiger partial charge in [0, 0.05) is 19.6 Å². The third-order valence-electron chi connectivity index (χ3n) is 3.05. The van der Waals surface area contributed by atoms with E-state index in [1.165, 1.54) is 6.07 Å². The van der Waals surface area contributed by atoms with Crippen molar-refractivity contribution in [3.8, 4) is 6.07 Å². The lowest BCUT2D eigenvalue weighted by atomic mass is 10.1. The van der Waals surface area contributed by atoms with Crippen LogP contribution in [0.25, 0.3) is 0 Å². The smallest absolute Gasteiger partial charge is 0.140 e. The van der Waals surface area contributed by atoms with E-state index in [0.717, 1.165) is 25.2 Å². The summed E-state index contributed by atoms with van der Waals surface area (Å²) in [6.45, 7) is 6.56. The van der Waals surface area contributed by atoms with Crippen LogP contribution >= 0.6 is 0 Å². The largest absolute Gasteiger partial charge is 0.373 e. The summed E-state index contributed by atoms with van der Waals surface area (Å²) < 4.78 is 18.9. The Morgan fingerprint density at radius 3 is 2.67 bits per heavy atom. The van der Waals surface area contributed by atoms with Crippen LogP contribution in [0.1, 0.15) is 25.0 Å². The second kappa shape index (κ2) is 5.47. The highest BCUT2D eigenvalue weighted by Crippen LogP contribution is 2.16. The molecule has 96 valence electrons. The number of hydrogen-bond donors (Lipinski definition) is 0. The lowest BCUT2D eigenvalue weighted by molar-refractivity contribution is -0.0704. The van der Waals surface area contributed by atoms with E-state index in [1.807, 2.05) is 19.9 Å². The minimum atomic E-state index is -0.454. The average molecular weight is 248 g/mol. The maximum absolute atomic E-state index is 13.2. The molecule has 1 fully saturated rings. The molecule has 1 aromatic rings. The topological polar surface area (TPSA) is 36.3 Å². The Hall–Kier alpha value is -1.44. The molecule has 1 aliphatic heterocycles. The Labute approximate surface area is 107 Å². The number of rotatable bonds is 2. The summed E-state index contributed by atoms with van der Waals surface area (Å²) in [5, 5.41) is 8.81. The van der Waals surface area contributed by atoms with E-state index in [-0.39, 0.29) is 17.8 Å². The maximum atomic E-state index is 13.2. The van der Waals surface area contributed by atoms with E-state index >= 15 is 0 Å². The fourth-order valence-electron chi connectivity index (χ4n) is 2.43.